The van der Waals surface area contributed by atoms with Crippen molar-refractivity contribution in [1.82, 2.24) is 9.88 Å². The number of anilines is 1. The van der Waals surface area contributed by atoms with E-state index < -0.39 is 0 Å². The van der Waals surface area contributed by atoms with E-state index in [4.69, 9.17) is 0 Å². The molecule has 2 aromatic rings. The Morgan fingerprint density at radius 1 is 1.04 bits per heavy atom. The van der Waals surface area contributed by atoms with Crippen LogP contribution in [0.4, 0.5) is 5.13 Å². The smallest absolute Gasteiger partial charge is 0.261 e. The number of hydrogen-bond acceptors (Lipinski definition) is 5. The van der Waals surface area contributed by atoms with Crippen LogP contribution in [0, 0.1) is 0 Å². The second-order valence-electron chi connectivity index (χ2n) is 7.26. The number of benzene rings is 1. The van der Waals surface area contributed by atoms with Gasteiger partial charge in [0.1, 0.15) is 0 Å². The summed E-state index contributed by atoms with van der Waals surface area (Å²) in [7, 11) is 0. The lowest BCUT2D eigenvalue weighted by Gasteiger charge is -2.13. The van der Waals surface area contributed by atoms with Gasteiger partial charge in [0.15, 0.2) is 5.13 Å². The Morgan fingerprint density at radius 3 is 2.46 bits per heavy atom. The number of aryl methyl sites for hydroxylation is 2. The van der Waals surface area contributed by atoms with Gasteiger partial charge in [-0.05, 0) is 50.7 Å². The first-order valence-electron chi connectivity index (χ1n) is 9.87. The summed E-state index contributed by atoms with van der Waals surface area (Å²) in [5.74, 6) is -0.455. The van der Waals surface area contributed by atoms with Crippen LogP contribution in [-0.2, 0) is 17.6 Å². The van der Waals surface area contributed by atoms with Crippen LogP contribution < -0.4 is 5.32 Å². The van der Waals surface area contributed by atoms with Crippen molar-refractivity contribution in [2.24, 2.45) is 0 Å². The third-order valence-corrected chi connectivity index (χ3v) is 6.33. The number of carbonyl (C=O) groups excluding carboxylic acids is 3. The predicted octanol–water partition coefficient (Wildman–Crippen LogP) is 3.82. The van der Waals surface area contributed by atoms with E-state index in [0.29, 0.717) is 35.6 Å². The summed E-state index contributed by atoms with van der Waals surface area (Å²) in [4.78, 5) is 43.9. The SMILES string of the molecule is O=C(CCCCCN1C(=O)c2ccccc2C1=O)Nc1nc2c(s1)CCCC2. The minimum Gasteiger partial charge on any atom is -0.302 e. The molecule has 6 nitrogen and oxygen atoms in total. The quantitative estimate of drug-likeness (QED) is 0.569. The zero-order chi connectivity index (χ0) is 19.5. The molecule has 1 aliphatic carbocycles. The van der Waals surface area contributed by atoms with E-state index in [0.717, 1.165) is 31.4 Å². The molecule has 0 spiro atoms. The standard InChI is InChI=1S/C21H23N3O3S/c25-18(23-21-22-16-10-5-6-11-17(16)28-21)12-2-1-7-13-24-19(26)14-8-3-4-9-15(14)20(24)27/h3-4,8-9H,1-2,5-7,10-13H2,(H,22,23,25). The fourth-order valence-electron chi connectivity index (χ4n) is 3.76. The molecular weight excluding hydrogens is 374 g/mol. The van der Waals surface area contributed by atoms with E-state index in [1.807, 2.05) is 0 Å². The normalized spacial score (nSPS) is 15.5. The van der Waals surface area contributed by atoms with Gasteiger partial charge >= 0.3 is 0 Å². The number of nitrogens with zero attached hydrogens (tertiary/aromatic N) is 2. The van der Waals surface area contributed by atoms with Crippen molar-refractivity contribution in [2.75, 3.05) is 11.9 Å². The van der Waals surface area contributed by atoms with Gasteiger partial charge in [-0.1, -0.05) is 18.6 Å². The first-order valence-corrected chi connectivity index (χ1v) is 10.7. The molecule has 0 atom stereocenters. The van der Waals surface area contributed by atoms with E-state index in [1.165, 1.54) is 22.6 Å². The van der Waals surface area contributed by atoms with E-state index in [1.54, 1.807) is 35.6 Å². The molecule has 1 aromatic carbocycles. The van der Waals surface area contributed by atoms with Crippen LogP contribution in [0.3, 0.4) is 0 Å². The van der Waals surface area contributed by atoms with Crippen LogP contribution in [0.25, 0.3) is 0 Å². The molecule has 0 radical (unpaired) electrons. The Balaban J connectivity index is 1.18. The van der Waals surface area contributed by atoms with Crippen LogP contribution in [-0.4, -0.2) is 34.2 Å². The number of amides is 3. The highest BCUT2D eigenvalue weighted by molar-refractivity contribution is 7.15. The minimum atomic E-state index is -0.217. The molecule has 0 saturated heterocycles. The zero-order valence-electron chi connectivity index (χ0n) is 15.7. The van der Waals surface area contributed by atoms with Gasteiger partial charge in [0.05, 0.1) is 16.8 Å². The van der Waals surface area contributed by atoms with Crippen LogP contribution in [0.1, 0.15) is 69.8 Å². The molecule has 0 fully saturated rings. The summed E-state index contributed by atoms with van der Waals surface area (Å²) in [5.41, 5.74) is 2.11. The Kier molecular flexibility index (Phi) is 5.52. The van der Waals surface area contributed by atoms with Gasteiger partial charge in [-0.3, -0.25) is 19.3 Å². The molecule has 7 heteroatoms. The third kappa shape index (κ3) is 3.85. The summed E-state index contributed by atoms with van der Waals surface area (Å²) in [6.45, 7) is 0.396. The number of hydrogen-bond donors (Lipinski definition) is 1. The number of imide groups is 1. The Bertz CT molecular complexity index is 863. The Morgan fingerprint density at radius 2 is 1.75 bits per heavy atom. The highest BCUT2D eigenvalue weighted by Crippen LogP contribution is 2.29. The van der Waals surface area contributed by atoms with Crippen LogP contribution in [0.15, 0.2) is 24.3 Å². The molecule has 2 aliphatic rings. The van der Waals surface area contributed by atoms with E-state index in [2.05, 4.69) is 10.3 Å². The molecule has 0 unspecified atom stereocenters. The minimum absolute atomic E-state index is 0.0215. The maximum Gasteiger partial charge on any atom is 0.261 e. The monoisotopic (exact) mass is 397 g/mol. The molecule has 2 heterocycles. The largest absolute Gasteiger partial charge is 0.302 e. The molecule has 1 aromatic heterocycles. The average molecular weight is 398 g/mol. The van der Waals surface area contributed by atoms with Gasteiger partial charge < -0.3 is 5.32 Å². The van der Waals surface area contributed by atoms with E-state index in [9.17, 15) is 14.4 Å². The van der Waals surface area contributed by atoms with Gasteiger partial charge in [-0.2, -0.15) is 0 Å². The summed E-state index contributed by atoms with van der Waals surface area (Å²) in [5, 5.41) is 3.62. The molecule has 0 bridgehead atoms. The molecular formula is C21H23N3O3S. The van der Waals surface area contributed by atoms with Crippen molar-refractivity contribution in [1.29, 1.82) is 0 Å². The number of rotatable bonds is 7. The van der Waals surface area contributed by atoms with Crippen LogP contribution in [0.5, 0.6) is 0 Å². The number of unbranched alkanes of at least 4 members (excludes halogenated alkanes) is 2. The summed E-state index contributed by atoms with van der Waals surface area (Å²) >= 11 is 1.59. The maximum atomic E-state index is 12.3. The van der Waals surface area contributed by atoms with Crippen molar-refractivity contribution in [2.45, 2.75) is 51.4 Å². The van der Waals surface area contributed by atoms with Gasteiger partial charge in [0, 0.05) is 17.8 Å². The second kappa shape index (κ2) is 8.22. The first kappa shape index (κ1) is 18.8. The highest BCUT2D eigenvalue weighted by Gasteiger charge is 2.34. The number of aromatic nitrogens is 1. The van der Waals surface area contributed by atoms with Crippen molar-refractivity contribution in [3.63, 3.8) is 0 Å². The average Bonchev–Trinajstić information content (AvgIpc) is 3.21. The molecule has 3 amide bonds. The summed E-state index contributed by atoms with van der Waals surface area (Å²) < 4.78 is 0. The molecule has 146 valence electrons. The number of nitrogens with one attached hydrogen (secondary N) is 1. The van der Waals surface area contributed by atoms with Crippen molar-refractivity contribution >= 4 is 34.2 Å². The lowest BCUT2D eigenvalue weighted by atomic mass is 10.0. The second-order valence-corrected chi connectivity index (χ2v) is 8.35. The number of fused-ring (bicyclic) bond motifs is 2. The van der Waals surface area contributed by atoms with Gasteiger partial charge in [0.25, 0.3) is 11.8 Å². The highest BCUT2D eigenvalue weighted by atomic mass is 32.1. The van der Waals surface area contributed by atoms with Crippen LogP contribution in [0.2, 0.25) is 0 Å². The fourth-order valence-corrected chi connectivity index (χ4v) is 4.83. The molecule has 4 rings (SSSR count). The molecule has 1 aliphatic heterocycles. The molecule has 1 N–H and O–H groups in total. The summed E-state index contributed by atoms with van der Waals surface area (Å²) in [6.07, 6.45) is 7.10. The Hall–Kier alpha value is -2.54. The number of carbonyl (C=O) groups is 3. The molecule has 0 saturated carbocycles. The van der Waals surface area contributed by atoms with Crippen molar-refractivity contribution < 1.29 is 14.4 Å². The fraction of sp³-hybridized carbons (Fsp3) is 0.429. The van der Waals surface area contributed by atoms with E-state index >= 15 is 0 Å². The van der Waals surface area contributed by atoms with Gasteiger partial charge in [0.2, 0.25) is 5.91 Å². The lowest BCUT2D eigenvalue weighted by molar-refractivity contribution is -0.116. The van der Waals surface area contributed by atoms with Crippen molar-refractivity contribution in [3.8, 4) is 0 Å². The summed E-state index contributed by atoms with van der Waals surface area (Å²) in [6, 6.07) is 6.92. The van der Waals surface area contributed by atoms with Crippen LogP contribution >= 0.6 is 11.3 Å². The predicted molar refractivity (Wildman–Crippen MR) is 108 cm³/mol. The first-order chi connectivity index (χ1) is 13.6. The van der Waals surface area contributed by atoms with Crippen molar-refractivity contribution in [3.05, 3.63) is 46.0 Å². The topological polar surface area (TPSA) is 79.4 Å². The zero-order valence-corrected chi connectivity index (χ0v) is 16.5. The lowest BCUT2D eigenvalue weighted by Crippen LogP contribution is -2.30. The Labute approximate surface area is 168 Å². The molecule has 28 heavy (non-hydrogen) atoms. The maximum absolute atomic E-state index is 12.3. The van der Waals surface area contributed by atoms with Gasteiger partial charge in [-0.15, -0.1) is 11.3 Å². The van der Waals surface area contributed by atoms with E-state index in [-0.39, 0.29) is 17.7 Å². The number of thiazole rings is 1. The van der Waals surface area contributed by atoms with Gasteiger partial charge in [-0.25, -0.2) is 4.98 Å². The third-order valence-electron chi connectivity index (χ3n) is 5.26.